The number of likely N-dealkylation sites (tertiary alicyclic amines) is 4. The number of amides is 6. The lowest BCUT2D eigenvalue weighted by molar-refractivity contribution is -0.131. The number of benzene rings is 4. The molecule has 6 amide bonds. The van der Waals surface area contributed by atoms with E-state index in [1.165, 1.54) is 0 Å². The average Bonchev–Trinajstić information content (AvgIpc) is 4.17. The van der Waals surface area contributed by atoms with Gasteiger partial charge in [0.2, 0.25) is 11.8 Å². The molecule has 6 aromatic rings. The van der Waals surface area contributed by atoms with Crippen molar-refractivity contribution in [2.24, 2.45) is 11.8 Å². The summed E-state index contributed by atoms with van der Waals surface area (Å²) in [5.41, 5.74) is 6.93. The smallest absolute Gasteiger partial charge is 0.326 e. The SMILES string of the molecule is CC(C)CN1C(=O)[C@@H](NC(=O)N2CCC(n3cc(-c4cccc(-c5ccc([C@@H]6C[C@@H](NC(=O)N7CCC(n8cc(-c9ccccc9)[nH]c8=O)CC7)C(=O)N6CC(C)C)cc5)c4)[nH]c3=O)CC2)C[C@H]1c1ccccc1. The Balaban J connectivity index is 0.743. The largest absolute Gasteiger partial charge is 0.334 e. The van der Waals surface area contributed by atoms with Gasteiger partial charge in [-0.25, -0.2) is 19.2 Å². The molecule has 0 saturated carbocycles. The van der Waals surface area contributed by atoms with E-state index < -0.39 is 12.1 Å². The molecule has 10 rings (SSSR count). The molecule has 4 aliphatic rings. The fourth-order valence-corrected chi connectivity index (χ4v) is 11.6. The second kappa shape index (κ2) is 21.5. The van der Waals surface area contributed by atoms with Crippen LogP contribution in [-0.4, -0.2) is 114 Å². The van der Waals surface area contributed by atoms with E-state index >= 15 is 0 Å². The number of aromatic amines is 2. The van der Waals surface area contributed by atoms with Crippen molar-refractivity contribution in [1.82, 2.24) is 49.3 Å². The van der Waals surface area contributed by atoms with E-state index in [9.17, 15) is 28.8 Å². The summed E-state index contributed by atoms with van der Waals surface area (Å²) in [6.45, 7) is 11.4. The summed E-state index contributed by atoms with van der Waals surface area (Å²) in [4.78, 5) is 94.6. The highest BCUT2D eigenvalue weighted by Crippen LogP contribution is 2.37. The third-order valence-electron chi connectivity index (χ3n) is 15.4. The predicted octanol–water partition coefficient (Wildman–Crippen LogP) is 8.36. The Morgan fingerprint density at radius 1 is 0.514 bits per heavy atom. The maximum atomic E-state index is 14.0. The van der Waals surface area contributed by atoms with Gasteiger partial charge in [-0.3, -0.25) is 18.7 Å². The van der Waals surface area contributed by atoms with Gasteiger partial charge in [0, 0.05) is 82.2 Å². The number of piperidine rings is 2. The molecular weight excluding hydrogens is 933 g/mol. The number of carbonyl (C=O) groups excluding carboxylic acids is 4. The summed E-state index contributed by atoms with van der Waals surface area (Å²) in [6, 6.07) is 33.9. The second-order valence-corrected chi connectivity index (χ2v) is 21.5. The Bertz CT molecular complexity index is 3070. The number of carbonyl (C=O) groups is 4. The highest BCUT2D eigenvalue weighted by atomic mass is 16.2. The lowest BCUT2D eigenvalue weighted by Crippen LogP contribution is -2.50. The van der Waals surface area contributed by atoms with Gasteiger partial charge in [-0.1, -0.05) is 131 Å². The van der Waals surface area contributed by atoms with E-state index in [1.54, 1.807) is 18.9 Å². The van der Waals surface area contributed by atoms with Gasteiger partial charge >= 0.3 is 23.4 Å². The maximum absolute atomic E-state index is 14.0. The minimum Gasteiger partial charge on any atom is -0.334 e. The molecule has 4 N–H and O–H groups in total. The summed E-state index contributed by atoms with van der Waals surface area (Å²) in [5, 5.41) is 6.12. The zero-order valence-electron chi connectivity index (χ0n) is 42.8. The number of H-pyrrole nitrogens is 2. The summed E-state index contributed by atoms with van der Waals surface area (Å²) in [7, 11) is 0. The van der Waals surface area contributed by atoms with Crippen LogP contribution in [0.4, 0.5) is 9.59 Å². The first-order valence-corrected chi connectivity index (χ1v) is 26.4. The molecule has 0 aliphatic carbocycles. The molecule has 4 aliphatic heterocycles. The monoisotopic (exact) mass is 1000 g/mol. The fraction of sp³-hybridized carbons (Fsp3) is 0.414. The van der Waals surface area contributed by atoms with Crippen LogP contribution < -0.4 is 22.0 Å². The zero-order valence-corrected chi connectivity index (χ0v) is 42.8. The highest BCUT2D eigenvalue weighted by molar-refractivity contribution is 5.90. The normalized spacial score (nSPS) is 20.8. The number of hydrogen-bond acceptors (Lipinski definition) is 6. The molecule has 16 heteroatoms. The first kappa shape index (κ1) is 49.9. The van der Waals surface area contributed by atoms with Crippen LogP contribution >= 0.6 is 0 Å². The van der Waals surface area contributed by atoms with E-state index in [1.807, 2.05) is 101 Å². The molecule has 2 aromatic heterocycles. The Morgan fingerprint density at radius 3 is 1.41 bits per heavy atom. The molecule has 74 heavy (non-hydrogen) atoms. The number of imidazole rings is 2. The first-order valence-electron chi connectivity index (χ1n) is 26.4. The van der Waals surface area contributed by atoms with Gasteiger partial charge < -0.3 is 40.2 Å². The summed E-state index contributed by atoms with van der Waals surface area (Å²) >= 11 is 0. The molecule has 0 unspecified atom stereocenters. The van der Waals surface area contributed by atoms with Crippen LogP contribution in [0, 0.1) is 11.8 Å². The summed E-state index contributed by atoms with van der Waals surface area (Å²) in [6.07, 6.45) is 7.18. The highest BCUT2D eigenvalue weighted by Gasteiger charge is 2.43. The number of aromatic nitrogens is 4. The first-order chi connectivity index (χ1) is 35.8. The molecule has 0 radical (unpaired) electrons. The van der Waals surface area contributed by atoms with Crippen molar-refractivity contribution < 1.29 is 19.2 Å². The number of urea groups is 2. The van der Waals surface area contributed by atoms with E-state index in [0.29, 0.717) is 89.4 Å². The maximum Gasteiger partial charge on any atom is 0.326 e. The molecule has 6 heterocycles. The van der Waals surface area contributed by atoms with Crippen LogP contribution in [0.5, 0.6) is 0 Å². The average molecular weight is 1000 g/mol. The van der Waals surface area contributed by atoms with Gasteiger partial charge in [-0.05, 0) is 71.4 Å². The molecule has 4 atom stereocenters. The minimum atomic E-state index is -0.661. The van der Waals surface area contributed by atoms with E-state index in [4.69, 9.17) is 0 Å². The Labute approximate surface area is 431 Å². The van der Waals surface area contributed by atoms with Crippen LogP contribution in [-0.2, 0) is 9.59 Å². The van der Waals surface area contributed by atoms with Crippen molar-refractivity contribution in [3.05, 3.63) is 154 Å². The number of nitrogens with one attached hydrogen (secondary N) is 4. The molecule has 4 fully saturated rings. The van der Waals surface area contributed by atoms with Crippen molar-refractivity contribution in [2.45, 2.75) is 102 Å². The van der Waals surface area contributed by atoms with Crippen LogP contribution in [0.1, 0.15) is 102 Å². The van der Waals surface area contributed by atoms with Crippen molar-refractivity contribution in [3.63, 3.8) is 0 Å². The standard InChI is InChI=1S/C58H68N10O6/c1-37(2)33-67-51(41-14-9-6-10-15-41)31-47(53(67)69)59-55(71)64-28-24-46(25-29-64)66-36-50(62-58(66)74)44-17-11-16-43(30-44)39-18-20-42(21-19-39)52-32-48(54(70)68(52)34-38(3)4)60-56(72)63-26-22-45(23-27-63)65-35-49(61-57(65)73)40-12-7-5-8-13-40/h5-21,30,35-38,45-48,51-52H,22-29,31-34H2,1-4H3,(H,59,71)(H,60,72)(H,61,73)(H,62,74)/t47-,48+,51-,52-/m0/s1. The van der Waals surface area contributed by atoms with E-state index in [0.717, 1.165) is 39.1 Å². The topological polar surface area (TPSA) is 181 Å². The van der Waals surface area contributed by atoms with Gasteiger partial charge in [0.25, 0.3) is 0 Å². The molecule has 4 aromatic carbocycles. The van der Waals surface area contributed by atoms with Crippen molar-refractivity contribution in [3.8, 4) is 33.6 Å². The van der Waals surface area contributed by atoms with Crippen LogP contribution in [0.25, 0.3) is 33.6 Å². The molecular formula is C58H68N10O6. The lowest BCUT2D eigenvalue weighted by atomic mass is 9.97. The number of nitrogens with zero attached hydrogens (tertiary/aromatic N) is 6. The van der Waals surface area contributed by atoms with Gasteiger partial charge in [0.1, 0.15) is 12.1 Å². The van der Waals surface area contributed by atoms with Gasteiger partial charge in [0.05, 0.1) is 23.5 Å². The van der Waals surface area contributed by atoms with Crippen molar-refractivity contribution in [2.75, 3.05) is 39.3 Å². The van der Waals surface area contributed by atoms with Crippen LogP contribution in [0.2, 0.25) is 0 Å². The zero-order chi connectivity index (χ0) is 51.6. The van der Waals surface area contributed by atoms with Gasteiger partial charge in [-0.15, -0.1) is 0 Å². The van der Waals surface area contributed by atoms with Gasteiger partial charge in [0.15, 0.2) is 0 Å². The summed E-state index contributed by atoms with van der Waals surface area (Å²) in [5.74, 6) is 0.381. The molecule has 0 bridgehead atoms. The predicted molar refractivity (Wildman–Crippen MR) is 285 cm³/mol. The van der Waals surface area contributed by atoms with Crippen LogP contribution in [0.3, 0.4) is 0 Å². The van der Waals surface area contributed by atoms with E-state index in [2.05, 4.69) is 78.6 Å². The van der Waals surface area contributed by atoms with Crippen LogP contribution in [0.15, 0.2) is 131 Å². The van der Waals surface area contributed by atoms with Gasteiger partial charge in [-0.2, -0.15) is 0 Å². The summed E-state index contributed by atoms with van der Waals surface area (Å²) < 4.78 is 3.50. The molecule has 386 valence electrons. The quantitative estimate of drug-likeness (QED) is 0.0903. The minimum absolute atomic E-state index is 0.0341. The molecule has 4 saturated heterocycles. The second-order valence-electron chi connectivity index (χ2n) is 21.5. The Hall–Kier alpha value is -7.62. The Morgan fingerprint density at radius 2 is 0.932 bits per heavy atom. The Kier molecular flexibility index (Phi) is 14.5. The molecule has 0 spiro atoms. The number of hydrogen-bond donors (Lipinski definition) is 4. The fourth-order valence-electron chi connectivity index (χ4n) is 11.6. The number of rotatable bonds is 13. The molecule has 16 nitrogen and oxygen atoms in total. The van der Waals surface area contributed by atoms with Crippen molar-refractivity contribution in [1.29, 1.82) is 0 Å². The van der Waals surface area contributed by atoms with Crippen molar-refractivity contribution >= 4 is 23.9 Å². The third-order valence-corrected chi connectivity index (χ3v) is 15.4. The lowest BCUT2D eigenvalue weighted by Gasteiger charge is -2.32. The van der Waals surface area contributed by atoms with E-state index in [-0.39, 0.29) is 65.3 Å². The third kappa shape index (κ3) is 10.6.